The second-order valence-corrected chi connectivity index (χ2v) is 5.08. The van der Waals surface area contributed by atoms with Crippen LogP contribution in [0.15, 0.2) is 6.07 Å². The molecule has 1 fully saturated rings. The Morgan fingerprint density at radius 2 is 2.05 bits per heavy atom. The Morgan fingerprint density at radius 3 is 2.63 bits per heavy atom. The second-order valence-electron chi connectivity index (χ2n) is 5.08. The Hall–Kier alpha value is -2.11. The van der Waals surface area contributed by atoms with Crippen LogP contribution in [-0.4, -0.2) is 25.8 Å². The summed E-state index contributed by atoms with van der Waals surface area (Å²) in [5, 5.41) is 7.77. The summed E-state index contributed by atoms with van der Waals surface area (Å²) in [6, 6.07) is 2.49. The Kier molecular flexibility index (Phi) is 2.66. The minimum absolute atomic E-state index is 0.295. The van der Waals surface area contributed by atoms with Gasteiger partial charge < -0.3 is 11.1 Å². The van der Waals surface area contributed by atoms with Gasteiger partial charge in [-0.15, -0.1) is 0 Å². The zero-order chi connectivity index (χ0) is 13.6. The van der Waals surface area contributed by atoms with Crippen LogP contribution in [0.2, 0.25) is 0 Å². The van der Waals surface area contributed by atoms with E-state index < -0.39 is 0 Å². The average molecular weight is 258 g/mol. The molecule has 2 aromatic heterocycles. The van der Waals surface area contributed by atoms with E-state index in [4.69, 9.17) is 5.73 Å². The van der Waals surface area contributed by atoms with Crippen LogP contribution in [0, 0.1) is 13.8 Å². The molecule has 3 N–H and O–H groups in total. The quantitative estimate of drug-likeness (QED) is 0.874. The van der Waals surface area contributed by atoms with Gasteiger partial charge in [0.25, 0.3) is 0 Å². The molecule has 3 rings (SSSR count). The zero-order valence-corrected chi connectivity index (χ0v) is 11.4. The van der Waals surface area contributed by atoms with Crippen LogP contribution in [0.25, 0.3) is 11.3 Å². The molecule has 19 heavy (non-hydrogen) atoms. The number of hydrogen-bond acceptors (Lipinski definition) is 5. The summed E-state index contributed by atoms with van der Waals surface area (Å²) >= 11 is 0. The van der Waals surface area contributed by atoms with Crippen molar-refractivity contribution in [3.8, 4) is 11.3 Å². The van der Waals surface area contributed by atoms with E-state index in [9.17, 15) is 0 Å². The molecule has 0 unspecified atom stereocenters. The fraction of sp³-hybridized carbons (Fsp3) is 0.462. The van der Waals surface area contributed by atoms with Crippen molar-refractivity contribution in [2.45, 2.75) is 32.7 Å². The highest BCUT2D eigenvalue weighted by Crippen LogP contribution is 2.29. The zero-order valence-electron chi connectivity index (χ0n) is 11.4. The number of aryl methyl sites for hydroxylation is 2. The molecule has 0 aromatic carbocycles. The van der Waals surface area contributed by atoms with Crippen molar-refractivity contribution in [3.63, 3.8) is 0 Å². The van der Waals surface area contributed by atoms with Gasteiger partial charge in [0.05, 0.1) is 11.4 Å². The fourth-order valence-corrected chi connectivity index (χ4v) is 2.25. The molecule has 1 aliphatic rings. The van der Waals surface area contributed by atoms with Crippen molar-refractivity contribution >= 4 is 11.8 Å². The molecule has 0 aliphatic heterocycles. The number of nitrogens with one attached hydrogen (secondary N) is 1. The Labute approximate surface area is 112 Å². The van der Waals surface area contributed by atoms with Crippen molar-refractivity contribution < 1.29 is 0 Å². The maximum Gasteiger partial charge on any atom is 0.222 e. The molecule has 2 heterocycles. The predicted octanol–water partition coefficient (Wildman–Crippen LogP) is 1.65. The molecule has 100 valence electrons. The number of hydrogen-bond donors (Lipinski definition) is 2. The Morgan fingerprint density at radius 1 is 1.32 bits per heavy atom. The third kappa shape index (κ3) is 2.25. The van der Waals surface area contributed by atoms with Crippen molar-refractivity contribution in [1.29, 1.82) is 0 Å². The van der Waals surface area contributed by atoms with E-state index in [1.807, 2.05) is 31.6 Å². The summed E-state index contributed by atoms with van der Waals surface area (Å²) in [4.78, 5) is 8.57. The highest BCUT2D eigenvalue weighted by Gasteiger charge is 2.22. The molecular formula is C13H18N6. The number of rotatable bonds is 3. The summed E-state index contributed by atoms with van der Waals surface area (Å²) in [7, 11) is 1.93. The molecule has 2 aromatic rings. The normalized spacial score (nSPS) is 14.7. The SMILES string of the molecule is Cc1nn(C)c(C)c1-c1cc(NC2CC2)nc(N)n1. The van der Waals surface area contributed by atoms with Crippen LogP contribution in [0.4, 0.5) is 11.8 Å². The first-order valence-corrected chi connectivity index (χ1v) is 6.46. The second kappa shape index (κ2) is 4.22. The topological polar surface area (TPSA) is 81.7 Å². The van der Waals surface area contributed by atoms with Gasteiger partial charge in [-0.25, -0.2) is 4.98 Å². The van der Waals surface area contributed by atoms with E-state index in [1.165, 1.54) is 12.8 Å². The summed E-state index contributed by atoms with van der Waals surface area (Å²) in [6.07, 6.45) is 2.40. The molecule has 1 saturated carbocycles. The van der Waals surface area contributed by atoms with Gasteiger partial charge in [-0.3, -0.25) is 4.68 Å². The molecular weight excluding hydrogens is 240 g/mol. The number of nitrogens with zero attached hydrogens (tertiary/aromatic N) is 4. The Bertz CT molecular complexity index is 626. The standard InChI is InChI=1S/C13H18N6/c1-7-12(8(2)19(3)18-7)10-6-11(15-9-4-5-9)17-13(14)16-10/h6,9H,4-5H2,1-3H3,(H3,14,15,16,17). The van der Waals surface area contributed by atoms with Crippen LogP contribution in [-0.2, 0) is 7.05 Å². The van der Waals surface area contributed by atoms with Gasteiger partial charge in [0.1, 0.15) is 5.82 Å². The molecule has 6 nitrogen and oxygen atoms in total. The minimum Gasteiger partial charge on any atom is -0.368 e. The number of aromatic nitrogens is 4. The third-order valence-electron chi connectivity index (χ3n) is 3.44. The molecule has 0 spiro atoms. The summed E-state index contributed by atoms with van der Waals surface area (Å²) in [5.41, 5.74) is 9.71. The summed E-state index contributed by atoms with van der Waals surface area (Å²) < 4.78 is 1.86. The highest BCUT2D eigenvalue weighted by molar-refractivity contribution is 5.68. The highest BCUT2D eigenvalue weighted by atomic mass is 15.3. The largest absolute Gasteiger partial charge is 0.368 e. The van der Waals surface area contributed by atoms with Gasteiger partial charge in [-0.2, -0.15) is 10.1 Å². The van der Waals surface area contributed by atoms with E-state index in [0.717, 1.165) is 28.5 Å². The van der Waals surface area contributed by atoms with Crippen LogP contribution >= 0.6 is 0 Å². The van der Waals surface area contributed by atoms with Crippen molar-refractivity contribution in [2.24, 2.45) is 7.05 Å². The van der Waals surface area contributed by atoms with Gasteiger partial charge >= 0.3 is 0 Å². The maximum atomic E-state index is 5.81. The molecule has 0 radical (unpaired) electrons. The van der Waals surface area contributed by atoms with Crippen molar-refractivity contribution in [1.82, 2.24) is 19.7 Å². The van der Waals surface area contributed by atoms with Crippen LogP contribution in [0.1, 0.15) is 24.2 Å². The van der Waals surface area contributed by atoms with E-state index in [2.05, 4.69) is 20.4 Å². The molecule has 6 heteroatoms. The first-order chi connectivity index (χ1) is 9.04. The molecule has 0 saturated heterocycles. The smallest absolute Gasteiger partial charge is 0.222 e. The van der Waals surface area contributed by atoms with E-state index in [0.29, 0.717) is 12.0 Å². The number of nitrogens with two attached hydrogens (primary N) is 1. The van der Waals surface area contributed by atoms with Gasteiger partial charge in [0.2, 0.25) is 5.95 Å². The van der Waals surface area contributed by atoms with Crippen LogP contribution < -0.4 is 11.1 Å². The fourth-order valence-electron chi connectivity index (χ4n) is 2.25. The minimum atomic E-state index is 0.295. The van der Waals surface area contributed by atoms with E-state index in [-0.39, 0.29) is 0 Å². The summed E-state index contributed by atoms with van der Waals surface area (Å²) in [5.74, 6) is 1.09. The Balaban J connectivity index is 2.05. The number of nitrogen functional groups attached to an aromatic ring is 1. The maximum absolute atomic E-state index is 5.81. The lowest BCUT2D eigenvalue weighted by Gasteiger charge is -2.08. The van der Waals surface area contributed by atoms with E-state index in [1.54, 1.807) is 0 Å². The van der Waals surface area contributed by atoms with Crippen molar-refractivity contribution in [3.05, 3.63) is 17.5 Å². The van der Waals surface area contributed by atoms with Gasteiger partial charge in [0, 0.05) is 30.4 Å². The third-order valence-corrected chi connectivity index (χ3v) is 3.44. The molecule has 0 atom stereocenters. The van der Waals surface area contributed by atoms with Crippen LogP contribution in [0.3, 0.4) is 0 Å². The average Bonchev–Trinajstić information content (AvgIpc) is 3.07. The first-order valence-electron chi connectivity index (χ1n) is 6.46. The monoisotopic (exact) mass is 258 g/mol. The number of anilines is 2. The molecule has 0 amide bonds. The lowest BCUT2D eigenvalue weighted by molar-refractivity contribution is 0.731. The molecule has 0 bridgehead atoms. The predicted molar refractivity (Wildman–Crippen MR) is 74.8 cm³/mol. The van der Waals surface area contributed by atoms with Crippen molar-refractivity contribution in [2.75, 3.05) is 11.1 Å². The van der Waals surface area contributed by atoms with Gasteiger partial charge in [-0.1, -0.05) is 0 Å². The lowest BCUT2D eigenvalue weighted by Crippen LogP contribution is -2.06. The van der Waals surface area contributed by atoms with Gasteiger partial charge in [0.15, 0.2) is 0 Å². The van der Waals surface area contributed by atoms with E-state index >= 15 is 0 Å². The van der Waals surface area contributed by atoms with Crippen LogP contribution in [0.5, 0.6) is 0 Å². The molecule has 1 aliphatic carbocycles. The lowest BCUT2D eigenvalue weighted by atomic mass is 10.1. The first kappa shape index (κ1) is 12.0. The van der Waals surface area contributed by atoms with Gasteiger partial charge in [-0.05, 0) is 26.7 Å². The summed E-state index contributed by atoms with van der Waals surface area (Å²) in [6.45, 7) is 4.01.